The third-order valence-corrected chi connectivity index (χ3v) is 0.453. The van der Waals surface area contributed by atoms with Crippen molar-refractivity contribution >= 4 is 5.78 Å². The summed E-state index contributed by atoms with van der Waals surface area (Å²) >= 11 is 0. The molecular formula is C3H7NO3. The molecule has 7 heavy (non-hydrogen) atoms. The van der Waals surface area contributed by atoms with Crippen LogP contribution >= 0.6 is 0 Å². The van der Waals surface area contributed by atoms with Gasteiger partial charge >= 0.3 is 0 Å². The number of Topliss-reactive ketones (excluding diaryl/α,β-unsaturated/α-hetero) is 1. The molecule has 0 saturated carbocycles. The first-order valence-corrected chi connectivity index (χ1v) is 1.80. The van der Waals surface area contributed by atoms with Gasteiger partial charge in [0.05, 0.1) is 6.54 Å². The van der Waals surface area contributed by atoms with Crippen LogP contribution in [0.5, 0.6) is 0 Å². The molecule has 0 aliphatic heterocycles. The van der Waals surface area contributed by atoms with Crippen molar-refractivity contribution < 1.29 is 15.1 Å². The Hall–Kier alpha value is -0.450. The summed E-state index contributed by atoms with van der Waals surface area (Å²) in [4.78, 5) is 9.94. The van der Waals surface area contributed by atoms with Crippen molar-refractivity contribution in [1.82, 2.24) is 5.48 Å². The number of carbonyl (C=O) groups excluding carboxylic acids is 1. The lowest BCUT2D eigenvalue weighted by Gasteiger charge is -1.88. The third-order valence-electron chi connectivity index (χ3n) is 0.453. The number of hydrogen-bond acceptors (Lipinski definition) is 4. The lowest BCUT2D eigenvalue weighted by atomic mass is 10.4. The molecule has 0 unspecified atom stereocenters. The van der Waals surface area contributed by atoms with Crippen LogP contribution in [0.3, 0.4) is 0 Å². The molecule has 0 aromatic heterocycles. The van der Waals surface area contributed by atoms with Gasteiger partial charge in [0.1, 0.15) is 6.61 Å². The van der Waals surface area contributed by atoms with Crippen molar-refractivity contribution in [3.8, 4) is 0 Å². The molecule has 3 N–H and O–H groups in total. The maximum atomic E-state index is 9.94. The fourth-order valence-electron chi connectivity index (χ4n) is 0.144. The van der Waals surface area contributed by atoms with E-state index in [2.05, 4.69) is 0 Å². The molecule has 0 saturated heterocycles. The van der Waals surface area contributed by atoms with Gasteiger partial charge in [0.15, 0.2) is 5.78 Å². The monoisotopic (exact) mass is 105 g/mol. The molecule has 4 heteroatoms. The first-order chi connectivity index (χ1) is 3.31. The van der Waals surface area contributed by atoms with Crippen LogP contribution in [0.15, 0.2) is 0 Å². The summed E-state index contributed by atoms with van der Waals surface area (Å²) in [5.74, 6) is -0.428. The number of aliphatic hydroxyl groups is 1. The molecule has 0 spiro atoms. The fraction of sp³-hybridized carbons (Fsp3) is 0.667. The van der Waals surface area contributed by atoms with Crippen LogP contribution in [0.2, 0.25) is 0 Å². The van der Waals surface area contributed by atoms with Crippen molar-refractivity contribution in [1.29, 1.82) is 0 Å². The Bertz CT molecular complexity index is 63.2. The zero-order valence-electron chi connectivity index (χ0n) is 3.72. The van der Waals surface area contributed by atoms with Crippen LogP contribution in [0, 0.1) is 0 Å². The Morgan fingerprint density at radius 1 is 1.71 bits per heavy atom. The second-order valence-corrected chi connectivity index (χ2v) is 1.03. The number of aliphatic hydroxyl groups excluding tert-OH is 1. The SMILES string of the molecule is O=C(CO)CNO. The zero-order valence-corrected chi connectivity index (χ0v) is 3.72. The third kappa shape index (κ3) is 3.38. The van der Waals surface area contributed by atoms with Crippen LogP contribution in [-0.4, -0.2) is 29.2 Å². The van der Waals surface area contributed by atoms with Gasteiger partial charge in [0, 0.05) is 0 Å². The number of nitrogens with one attached hydrogen (secondary N) is 1. The molecular weight excluding hydrogens is 98.0 g/mol. The first kappa shape index (κ1) is 6.55. The molecule has 4 nitrogen and oxygen atoms in total. The molecule has 0 aliphatic carbocycles. The summed E-state index contributed by atoms with van der Waals surface area (Å²) < 4.78 is 0. The van der Waals surface area contributed by atoms with E-state index < -0.39 is 12.4 Å². The van der Waals surface area contributed by atoms with E-state index in [4.69, 9.17) is 10.3 Å². The van der Waals surface area contributed by atoms with Gasteiger partial charge < -0.3 is 10.3 Å². The van der Waals surface area contributed by atoms with E-state index in [0.29, 0.717) is 0 Å². The summed E-state index contributed by atoms with van der Waals surface area (Å²) in [5.41, 5.74) is 1.61. The maximum Gasteiger partial charge on any atom is 0.174 e. The van der Waals surface area contributed by atoms with E-state index in [0.717, 1.165) is 0 Å². The predicted octanol–water partition coefficient (Wildman–Crippen LogP) is -1.47. The second-order valence-electron chi connectivity index (χ2n) is 1.03. The summed E-state index contributed by atoms with van der Waals surface area (Å²) in [6, 6.07) is 0. The van der Waals surface area contributed by atoms with Crippen LogP contribution in [0.1, 0.15) is 0 Å². The average Bonchev–Trinajstić information content (AvgIpc) is 1.68. The van der Waals surface area contributed by atoms with Crippen LogP contribution < -0.4 is 5.48 Å². The highest BCUT2D eigenvalue weighted by atomic mass is 16.5. The smallest absolute Gasteiger partial charge is 0.174 e. The van der Waals surface area contributed by atoms with E-state index in [1.54, 1.807) is 5.48 Å². The molecule has 0 atom stereocenters. The number of rotatable bonds is 3. The largest absolute Gasteiger partial charge is 0.389 e. The van der Waals surface area contributed by atoms with Gasteiger partial charge in [-0.15, -0.1) is 0 Å². The van der Waals surface area contributed by atoms with E-state index in [1.165, 1.54) is 0 Å². The van der Waals surface area contributed by atoms with E-state index in [1.807, 2.05) is 0 Å². The molecule has 0 heterocycles. The van der Waals surface area contributed by atoms with Gasteiger partial charge in [0.2, 0.25) is 0 Å². The van der Waals surface area contributed by atoms with Gasteiger partial charge in [-0.05, 0) is 0 Å². The first-order valence-electron chi connectivity index (χ1n) is 1.80. The minimum atomic E-state index is -0.520. The van der Waals surface area contributed by atoms with Gasteiger partial charge in [0.25, 0.3) is 0 Å². The van der Waals surface area contributed by atoms with E-state index in [9.17, 15) is 4.79 Å². The normalized spacial score (nSPS) is 8.86. The quantitative estimate of drug-likeness (QED) is 0.383. The number of hydroxylamine groups is 1. The van der Waals surface area contributed by atoms with Gasteiger partial charge in [-0.1, -0.05) is 0 Å². The van der Waals surface area contributed by atoms with Gasteiger partial charge in [-0.3, -0.25) is 4.79 Å². The lowest BCUT2D eigenvalue weighted by Crippen LogP contribution is -2.21. The van der Waals surface area contributed by atoms with E-state index >= 15 is 0 Å². The highest BCUT2D eigenvalue weighted by Gasteiger charge is 1.93. The Morgan fingerprint density at radius 3 is 2.43 bits per heavy atom. The summed E-state index contributed by atoms with van der Waals surface area (Å²) in [5, 5.41) is 15.8. The molecule has 0 rings (SSSR count). The number of hydrogen-bond donors (Lipinski definition) is 3. The second kappa shape index (κ2) is 3.73. The van der Waals surface area contributed by atoms with Gasteiger partial charge in [-0.25, -0.2) is 0 Å². The molecule has 0 radical (unpaired) electrons. The molecule has 0 amide bonds. The molecule has 42 valence electrons. The predicted molar refractivity (Wildman–Crippen MR) is 21.9 cm³/mol. The topological polar surface area (TPSA) is 69.6 Å². The molecule has 0 fully saturated rings. The molecule has 0 aromatic carbocycles. The number of carbonyl (C=O) groups is 1. The van der Waals surface area contributed by atoms with Crippen LogP contribution in [0.4, 0.5) is 0 Å². The van der Waals surface area contributed by atoms with E-state index in [-0.39, 0.29) is 6.54 Å². The average molecular weight is 105 g/mol. The van der Waals surface area contributed by atoms with Crippen molar-refractivity contribution in [3.05, 3.63) is 0 Å². The zero-order chi connectivity index (χ0) is 5.70. The van der Waals surface area contributed by atoms with Gasteiger partial charge in [-0.2, -0.15) is 5.48 Å². The maximum absolute atomic E-state index is 9.94. The molecule has 0 bridgehead atoms. The fourth-order valence-corrected chi connectivity index (χ4v) is 0.144. The Kier molecular flexibility index (Phi) is 3.49. The molecule has 0 aliphatic rings. The Balaban J connectivity index is 3.00. The molecule has 0 aromatic rings. The lowest BCUT2D eigenvalue weighted by molar-refractivity contribution is -0.122. The minimum Gasteiger partial charge on any atom is -0.389 e. The van der Waals surface area contributed by atoms with Crippen LogP contribution in [-0.2, 0) is 4.79 Å². The van der Waals surface area contributed by atoms with Crippen molar-refractivity contribution in [2.75, 3.05) is 13.2 Å². The summed E-state index contributed by atoms with van der Waals surface area (Å²) in [6.45, 7) is -0.704. The number of ketones is 1. The van der Waals surface area contributed by atoms with Crippen molar-refractivity contribution in [2.45, 2.75) is 0 Å². The van der Waals surface area contributed by atoms with Crippen LogP contribution in [0.25, 0.3) is 0 Å². The Morgan fingerprint density at radius 2 is 2.29 bits per heavy atom. The summed E-state index contributed by atoms with van der Waals surface area (Å²) in [7, 11) is 0. The minimum absolute atomic E-state index is 0.184. The standard InChI is InChI=1S/C3H7NO3/c5-2-3(6)1-4-7/h4-5,7H,1-2H2. The highest BCUT2D eigenvalue weighted by Crippen LogP contribution is 1.60. The highest BCUT2D eigenvalue weighted by molar-refractivity contribution is 5.81. The Labute approximate surface area is 40.7 Å². The van der Waals surface area contributed by atoms with Crippen molar-refractivity contribution in [2.24, 2.45) is 0 Å². The summed E-state index contributed by atoms with van der Waals surface area (Å²) in [6.07, 6.45) is 0. The van der Waals surface area contributed by atoms with Crippen molar-refractivity contribution in [3.63, 3.8) is 0 Å².